The molecule has 3 aliphatic rings. The minimum absolute atomic E-state index is 0.00825. The zero-order valence-corrected chi connectivity index (χ0v) is 16.5. The largest absolute Gasteiger partial charge is 0.278 e. The number of aliphatic imine (C=N–C) groups is 1. The Morgan fingerprint density at radius 2 is 2.12 bits per heavy atom. The van der Waals surface area contributed by atoms with Gasteiger partial charge < -0.3 is 0 Å². The van der Waals surface area contributed by atoms with Crippen molar-refractivity contribution in [1.82, 2.24) is 4.90 Å². The second-order valence-corrected chi connectivity index (χ2v) is 9.46. The van der Waals surface area contributed by atoms with Gasteiger partial charge in [-0.25, -0.2) is 4.99 Å². The molecule has 26 heavy (non-hydrogen) atoms. The van der Waals surface area contributed by atoms with Crippen molar-refractivity contribution in [1.29, 1.82) is 0 Å². The fourth-order valence-electron chi connectivity index (χ4n) is 4.16. The van der Waals surface area contributed by atoms with Gasteiger partial charge in [0.15, 0.2) is 5.17 Å². The lowest BCUT2D eigenvalue weighted by Gasteiger charge is -2.33. The Morgan fingerprint density at radius 3 is 2.92 bits per heavy atom. The Hall–Kier alpha value is -1.85. The second kappa shape index (κ2) is 6.10. The van der Waals surface area contributed by atoms with Crippen molar-refractivity contribution in [2.24, 2.45) is 4.99 Å². The first kappa shape index (κ1) is 16.3. The summed E-state index contributed by atoms with van der Waals surface area (Å²) in [6, 6.07) is 11.0. The molecule has 1 fully saturated rings. The summed E-state index contributed by atoms with van der Waals surface area (Å²) >= 11 is 3.33. The highest BCUT2D eigenvalue weighted by atomic mass is 32.2. The lowest BCUT2D eigenvalue weighted by molar-refractivity contribution is -0.127. The maximum atomic E-state index is 12.9. The summed E-state index contributed by atoms with van der Waals surface area (Å²) in [5.74, 6) is 0.187. The van der Waals surface area contributed by atoms with Crippen LogP contribution in [-0.2, 0) is 11.2 Å². The van der Waals surface area contributed by atoms with E-state index in [1.165, 1.54) is 27.1 Å². The van der Waals surface area contributed by atoms with Crippen LogP contribution < -0.4 is 0 Å². The summed E-state index contributed by atoms with van der Waals surface area (Å²) in [5, 5.41) is 2.91. The third-order valence-corrected chi connectivity index (χ3v) is 7.38. The molecule has 3 heterocycles. The number of aryl methyl sites for hydroxylation is 2. The highest BCUT2D eigenvalue weighted by Crippen LogP contribution is 2.49. The molecule has 0 spiro atoms. The minimum atomic E-state index is -0.0586. The fraction of sp³-hybridized carbons (Fsp3) is 0.333. The Morgan fingerprint density at radius 1 is 1.23 bits per heavy atom. The van der Waals surface area contributed by atoms with Gasteiger partial charge in [0.2, 0.25) is 5.91 Å². The molecule has 5 heteroatoms. The maximum Gasteiger partial charge on any atom is 0.242 e. The number of hydrogen-bond acceptors (Lipinski definition) is 4. The van der Waals surface area contributed by atoms with Crippen molar-refractivity contribution in [2.75, 3.05) is 0 Å². The van der Waals surface area contributed by atoms with Gasteiger partial charge in [0.05, 0.1) is 17.0 Å². The number of thioether (sulfide) groups is 1. The molecule has 1 aromatic carbocycles. The van der Waals surface area contributed by atoms with Crippen LogP contribution in [0.1, 0.15) is 47.4 Å². The van der Waals surface area contributed by atoms with Crippen molar-refractivity contribution in [2.45, 2.75) is 44.4 Å². The second-order valence-electron chi connectivity index (χ2n) is 7.17. The number of amidine groups is 1. The molecule has 2 unspecified atom stereocenters. The molecule has 1 aromatic heterocycles. The molecule has 132 valence electrons. The number of rotatable bonds is 1. The highest BCUT2D eigenvalue weighted by Gasteiger charge is 2.45. The highest BCUT2D eigenvalue weighted by molar-refractivity contribution is 8.15. The molecule has 5 rings (SSSR count). The molecule has 3 nitrogen and oxygen atoms in total. The van der Waals surface area contributed by atoms with Gasteiger partial charge in [0.25, 0.3) is 0 Å². The number of thiophene rings is 1. The topological polar surface area (TPSA) is 32.7 Å². The first-order valence-electron chi connectivity index (χ1n) is 9.08. The van der Waals surface area contributed by atoms with Crippen molar-refractivity contribution < 1.29 is 4.79 Å². The van der Waals surface area contributed by atoms with Crippen molar-refractivity contribution in [3.63, 3.8) is 0 Å². The summed E-state index contributed by atoms with van der Waals surface area (Å²) < 4.78 is 0. The molecule has 2 aliphatic heterocycles. The quantitative estimate of drug-likeness (QED) is 0.683. The molecule has 2 atom stereocenters. The summed E-state index contributed by atoms with van der Waals surface area (Å²) in [4.78, 5) is 21.1. The van der Waals surface area contributed by atoms with Crippen LogP contribution in [0.2, 0.25) is 0 Å². The molecule has 1 aliphatic carbocycles. The van der Waals surface area contributed by atoms with Crippen molar-refractivity contribution >= 4 is 39.9 Å². The SMILES string of the molecule is Cc1ccc2c(c1)C1=C(CCC2)C(c2cccs2)N2C(=O)C(C)SC2=N1. The lowest BCUT2D eigenvalue weighted by atomic mass is 9.94. The first-order chi connectivity index (χ1) is 12.6. The Labute approximate surface area is 161 Å². The van der Waals surface area contributed by atoms with Crippen LogP contribution >= 0.6 is 23.1 Å². The van der Waals surface area contributed by atoms with Crippen LogP contribution in [0, 0.1) is 6.92 Å². The summed E-state index contributed by atoms with van der Waals surface area (Å²) in [6.45, 7) is 4.13. The van der Waals surface area contributed by atoms with Gasteiger partial charge in [-0.1, -0.05) is 35.5 Å². The zero-order valence-electron chi connectivity index (χ0n) is 14.9. The van der Waals surface area contributed by atoms with Crippen LogP contribution in [0.5, 0.6) is 0 Å². The third kappa shape index (κ3) is 2.41. The van der Waals surface area contributed by atoms with E-state index in [1.807, 2.05) is 11.8 Å². The normalized spacial score (nSPS) is 24.8. The van der Waals surface area contributed by atoms with Gasteiger partial charge in [0.1, 0.15) is 0 Å². The van der Waals surface area contributed by atoms with Crippen LogP contribution in [0.15, 0.2) is 46.3 Å². The number of nitrogens with zero attached hydrogens (tertiary/aromatic N) is 2. The standard InChI is InChI=1S/C21H20N2OS2/c1-12-8-9-14-5-3-6-15-18(16(14)11-12)22-21-23(20(24)13(2)26-21)19(15)17-7-4-10-25-17/h4,7-11,13,19H,3,5-6H2,1-2H3. The number of benzene rings is 1. The smallest absolute Gasteiger partial charge is 0.242 e. The molecular weight excluding hydrogens is 360 g/mol. The summed E-state index contributed by atoms with van der Waals surface area (Å²) in [5.41, 5.74) is 6.32. The van der Waals surface area contributed by atoms with Gasteiger partial charge in [-0.2, -0.15) is 0 Å². The van der Waals surface area contributed by atoms with E-state index in [2.05, 4.69) is 42.6 Å². The molecule has 1 amide bonds. The molecule has 2 aromatic rings. The van der Waals surface area contributed by atoms with Gasteiger partial charge >= 0.3 is 0 Å². The van der Waals surface area contributed by atoms with Crippen molar-refractivity contribution in [3.8, 4) is 0 Å². The van der Waals surface area contributed by atoms with E-state index in [0.29, 0.717) is 0 Å². The fourth-order valence-corrected chi connectivity index (χ4v) is 5.99. The van der Waals surface area contributed by atoms with Crippen molar-refractivity contribution in [3.05, 3.63) is 62.9 Å². The number of fused-ring (bicyclic) bond motifs is 3. The average molecular weight is 381 g/mol. The van der Waals surface area contributed by atoms with E-state index >= 15 is 0 Å². The van der Waals surface area contributed by atoms with Gasteiger partial charge in [-0.3, -0.25) is 9.69 Å². The van der Waals surface area contributed by atoms with Crippen LogP contribution in [0.25, 0.3) is 5.70 Å². The minimum Gasteiger partial charge on any atom is -0.278 e. The average Bonchev–Trinajstić information content (AvgIpc) is 3.20. The van der Waals surface area contributed by atoms with E-state index in [4.69, 9.17) is 4.99 Å². The summed E-state index contributed by atoms with van der Waals surface area (Å²) in [7, 11) is 0. The van der Waals surface area contributed by atoms with Gasteiger partial charge in [-0.15, -0.1) is 11.3 Å². The van der Waals surface area contributed by atoms with Gasteiger partial charge in [-0.05, 0) is 61.8 Å². The molecule has 0 N–H and O–H groups in total. The van der Waals surface area contributed by atoms with Gasteiger partial charge in [0, 0.05) is 10.4 Å². The van der Waals surface area contributed by atoms with E-state index in [-0.39, 0.29) is 17.2 Å². The van der Waals surface area contributed by atoms with E-state index in [9.17, 15) is 4.79 Å². The van der Waals surface area contributed by atoms with E-state index < -0.39 is 0 Å². The Kier molecular flexibility index (Phi) is 3.83. The maximum absolute atomic E-state index is 12.9. The van der Waals surface area contributed by atoms with E-state index in [0.717, 1.165) is 30.1 Å². The zero-order chi connectivity index (χ0) is 17.8. The number of hydrogen-bond donors (Lipinski definition) is 0. The molecule has 0 bridgehead atoms. The van der Waals surface area contributed by atoms with Crippen LogP contribution in [0.3, 0.4) is 0 Å². The first-order valence-corrected chi connectivity index (χ1v) is 10.8. The molecule has 0 saturated carbocycles. The third-order valence-electron chi connectivity index (χ3n) is 5.40. The Bertz CT molecular complexity index is 958. The van der Waals surface area contributed by atoms with E-state index in [1.54, 1.807) is 23.1 Å². The Balaban J connectivity index is 1.76. The van der Waals surface area contributed by atoms with Crippen LogP contribution in [-0.4, -0.2) is 21.2 Å². The predicted molar refractivity (Wildman–Crippen MR) is 109 cm³/mol. The predicted octanol–water partition coefficient (Wildman–Crippen LogP) is 5.18. The monoisotopic (exact) mass is 380 g/mol. The van der Waals surface area contributed by atoms with Crippen LogP contribution in [0.4, 0.5) is 0 Å². The number of carbonyl (C=O) groups is 1. The lowest BCUT2D eigenvalue weighted by Crippen LogP contribution is -2.38. The molecule has 1 saturated heterocycles. The summed E-state index contributed by atoms with van der Waals surface area (Å²) in [6.07, 6.45) is 3.17. The molecule has 0 radical (unpaired) electrons. The number of amides is 1. The number of carbonyl (C=O) groups excluding carboxylic acids is 1. The molecular formula is C21H20N2OS2.